The third kappa shape index (κ3) is 3.77. The van der Waals surface area contributed by atoms with Crippen molar-refractivity contribution in [1.29, 1.82) is 0 Å². The number of carbonyl (C=O) groups excluding carboxylic acids is 2. The first-order valence-corrected chi connectivity index (χ1v) is 8.61. The number of morpholine rings is 1. The average Bonchev–Trinajstić information content (AvgIpc) is 2.94. The third-order valence-corrected chi connectivity index (χ3v) is 4.94. The highest BCUT2D eigenvalue weighted by molar-refractivity contribution is 6.04. The second kappa shape index (κ2) is 7.84. The van der Waals surface area contributed by atoms with Gasteiger partial charge in [0.05, 0.1) is 33.9 Å². The van der Waals surface area contributed by atoms with Gasteiger partial charge in [-0.25, -0.2) is 0 Å². The van der Waals surface area contributed by atoms with Crippen molar-refractivity contribution in [2.24, 2.45) is 0 Å². The SMILES string of the molecule is COc1ccc(CCN2C(=O)C[C@@H]([NH+]3CCOCC3)C2=O)cc1OC. The van der Waals surface area contributed by atoms with Crippen LogP contribution in [-0.4, -0.2) is 69.8 Å². The summed E-state index contributed by atoms with van der Waals surface area (Å²) in [4.78, 5) is 27.5. The van der Waals surface area contributed by atoms with E-state index >= 15 is 0 Å². The van der Waals surface area contributed by atoms with E-state index in [9.17, 15) is 9.59 Å². The first-order chi connectivity index (χ1) is 12.1. The van der Waals surface area contributed by atoms with Gasteiger partial charge in [0, 0.05) is 6.54 Å². The molecule has 3 rings (SSSR count). The molecular weight excluding hydrogens is 324 g/mol. The average molecular weight is 349 g/mol. The molecule has 2 saturated heterocycles. The van der Waals surface area contributed by atoms with Crippen LogP contribution in [0.15, 0.2) is 18.2 Å². The minimum atomic E-state index is -0.248. The van der Waals surface area contributed by atoms with Crippen LogP contribution in [0.4, 0.5) is 0 Å². The molecule has 7 nitrogen and oxygen atoms in total. The summed E-state index contributed by atoms with van der Waals surface area (Å²) in [6.07, 6.45) is 0.906. The van der Waals surface area contributed by atoms with E-state index in [2.05, 4.69) is 0 Å². The molecule has 7 heteroatoms. The number of hydrogen-bond donors (Lipinski definition) is 1. The van der Waals surface area contributed by atoms with Crippen molar-refractivity contribution in [2.45, 2.75) is 18.9 Å². The van der Waals surface area contributed by atoms with E-state index in [1.165, 1.54) is 9.80 Å². The van der Waals surface area contributed by atoms with Crippen LogP contribution < -0.4 is 14.4 Å². The van der Waals surface area contributed by atoms with E-state index in [0.717, 1.165) is 18.7 Å². The molecule has 0 aromatic heterocycles. The molecule has 0 unspecified atom stereocenters. The van der Waals surface area contributed by atoms with Crippen LogP contribution in [0, 0.1) is 0 Å². The molecule has 2 aliphatic rings. The predicted molar refractivity (Wildman–Crippen MR) is 89.9 cm³/mol. The number of methoxy groups -OCH3 is 2. The Hall–Kier alpha value is -2.12. The third-order valence-electron chi connectivity index (χ3n) is 4.94. The van der Waals surface area contributed by atoms with Gasteiger partial charge in [-0.2, -0.15) is 0 Å². The van der Waals surface area contributed by atoms with Crippen molar-refractivity contribution in [3.8, 4) is 11.5 Å². The molecule has 2 amide bonds. The van der Waals surface area contributed by atoms with Crippen LogP contribution in [0.25, 0.3) is 0 Å². The maximum atomic E-state index is 12.7. The highest BCUT2D eigenvalue weighted by Gasteiger charge is 2.44. The Kier molecular flexibility index (Phi) is 5.55. The summed E-state index contributed by atoms with van der Waals surface area (Å²) >= 11 is 0. The van der Waals surface area contributed by atoms with Gasteiger partial charge >= 0.3 is 0 Å². The van der Waals surface area contributed by atoms with Gasteiger partial charge in [0.2, 0.25) is 5.91 Å². The standard InChI is InChI=1S/C18H24N2O5/c1-23-15-4-3-13(11-16(15)24-2)5-6-20-17(21)12-14(18(20)22)19-7-9-25-10-8-19/h3-4,11,14H,5-10,12H2,1-2H3/p+1/t14-/m1/s1. The number of nitrogens with one attached hydrogen (secondary N) is 1. The Labute approximate surface area is 147 Å². The second-order valence-electron chi connectivity index (χ2n) is 6.35. The van der Waals surface area contributed by atoms with Crippen LogP contribution in [0.5, 0.6) is 11.5 Å². The summed E-state index contributed by atoms with van der Waals surface area (Å²) in [5.74, 6) is 1.18. The van der Waals surface area contributed by atoms with Gasteiger partial charge in [0.15, 0.2) is 17.5 Å². The molecule has 1 aromatic rings. The number of benzene rings is 1. The van der Waals surface area contributed by atoms with Crippen molar-refractivity contribution in [2.75, 3.05) is 47.1 Å². The monoisotopic (exact) mass is 349 g/mol. The maximum Gasteiger partial charge on any atom is 0.288 e. The fourth-order valence-corrected chi connectivity index (χ4v) is 3.50. The highest BCUT2D eigenvalue weighted by Crippen LogP contribution is 2.28. The summed E-state index contributed by atoms with van der Waals surface area (Å²) < 4.78 is 15.9. The zero-order valence-corrected chi connectivity index (χ0v) is 14.7. The largest absolute Gasteiger partial charge is 0.493 e. The van der Waals surface area contributed by atoms with E-state index in [4.69, 9.17) is 14.2 Å². The molecular formula is C18H25N2O5+. The smallest absolute Gasteiger partial charge is 0.288 e. The normalized spacial score (nSPS) is 21.7. The first kappa shape index (κ1) is 17.7. The molecule has 0 bridgehead atoms. The Balaban J connectivity index is 1.63. The number of carbonyl (C=O) groups is 2. The fraction of sp³-hybridized carbons (Fsp3) is 0.556. The lowest BCUT2D eigenvalue weighted by atomic mass is 10.1. The van der Waals surface area contributed by atoms with E-state index < -0.39 is 0 Å². The quantitative estimate of drug-likeness (QED) is 0.687. The molecule has 2 aliphatic heterocycles. The zero-order chi connectivity index (χ0) is 17.8. The number of nitrogens with zero attached hydrogens (tertiary/aromatic N) is 1. The van der Waals surface area contributed by atoms with E-state index in [1.807, 2.05) is 18.2 Å². The molecule has 1 atom stereocenters. The van der Waals surface area contributed by atoms with Crippen molar-refractivity contribution in [1.82, 2.24) is 4.90 Å². The lowest BCUT2D eigenvalue weighted by molar-refractivity contribution is -0.922. The van der Waals surface area contributed by atoms with Crippen LogP contribution in [-0.2, 0) is 20.7 Å². The number of likely N-dealkylation sites (tertiary alicyclic amines) is 1. The van der Waals surface area contributed by atoms with Crippen molar-refractivity contribution < 1.29 is 28.7 Å². The lowest BCUT2D eigenvalue weighted by Gasteiger charge is -2.27. The Morgan fingerprint density at radius 2 is 1.88 bits per heavy atom. The number of hydrogen-bond acceptors (Lipinski definition) is 5. The number of ether oxygens (including phenoxy) is 3. The van der Waals surface area contributed by atoms with Gasteiger partial charge in [0.25, 0.3) is 5.91 Å². The van der Waals surface area contributed by atoms with Crippen LogP contribution in [0.2, 0.25) is 0 Å². The number of quaternary nitrogens is 1. The van der Waals surface area contributed by atoms with Crippen LogP contribution in [0.1, 0.15) is 12.0 Å². The topological polar surface area (TPSA) is 69.5 Å². The van der Waals surface area contributed by atoms with Gasteiger partial charge in [-0.05, 0) is 24.1 Å². The Bertz CT molecular complexity index is 642. The summed E-state index contributed by atoms with van der Waals surface area (Å²) in [5.41, 5.74) is 1.00. The highest BCUT2D eigenvalue weighted by atomic mass is 16.5. The number of amides is 2. The van der Waals surface area contributed by atoms with Gasteiger partial charge in [-0.1, -0.05) is 6.07 Å². The zero-order valence-electron chi connectivity index (χ0n) is 14.7. The van der Waals surface area contributed by atoms with E-state index in [0.29, 0.717) is 44.1 Å². The summed E-state index contributed by atoms with van der Waals surface area (Å²) in [6, 6.07) is 5.40. The van der Waals surface area contributed by atoms with Crippen molar-refractivity contribution >= 4 is 11.8 Å². The fourth-order valence-electron chi connectivity index (χ4n) is 3.50. The summed E-state index contributed by atoms with van der Waals surface area (Å²) in [7, 11) is 3.18. The predicted octanol–water partition coefficient (Wildman–Crippen LogP) is -0.711. The van der Waals surface area contributed by atoms with Crippen LogP contribution in [0.3, 0.4) is 0 Å². The minimum absolute atomic E-state index is 0.0534. The molecule has 0 aliphatic carbocycles. The van der Waals surface area contributed by atoms with Gasteiger partial charge in [0.1, 0.15) is 13.1 Å². The molecule has 0 spiro atoms. The lowest BCUT2D eigenvalue weighted by Crippen LogP contribution is -3.18. The molecule has 0 saturated carbocycles. The molecule has 2 fully saturated rings. The minimum Gasteiger partial charge on any atom is -0.493 e. The Morgan fingerprint density at radius 1 is 1.16 bits per heavy atom. The van der Waals surface area contributed by atoms with Crippen LogP contribution >= 0.6 is 0 Å². The van der Waals surface area contributed by atoms with Crippen molar-refractivity contribution in [3.63, 3.8) is 0 Å². The Morgan fingerprint density at radius 3 is 2.56 bits per heavy atom. The molecule has 0 radical (unpaired) electrons. The van der Waals surface area contributed by atoms with Crippen molar-refractivity contribution in [3.05, 3.63) is 23.8 Å². The summed E-state index contributed by atoms with van der Waals surface area (Å²) in [6.45, 7) is 3.27. The molecule has 2 heterocycles. The second-order valence-corrected chi connectivity index (χ2v) is 6.35. The number of imide groups is 1. The molecule has 1 aromatic carbocycles. The molecule has 1 N–H and O–H groups in total. The number of rotatable bonds is 6. The van der Waals surface area contributed by atoms with E-state index in [1.54, 1.807) is 14.2 Å². The van der Waals surface area contributed by atoms with E-state index in [-0.39, 0.29) is 17.9 Å². The van der Waals surface area contributed by atoms with Gasteiger partial charge in [-0.3, -0.25) is 14.5 Å². The maximum absolute atomic E-state index is 12.7. The van der Waals surface area contributed by atoms with Gasteiger partial charge < -0.3 is 19.1 Å². The summed E-state index contributed by atoms with van der Waals surface area (Å²) in [5, 5.41) is 0. The molecule has 136 valence electrons. The van der Waals surface area contributed by atoms with Gasteiger partial charge in [-0.15, -0.1) is 0 Å². The molecule has 25 heavy (non-hydrogen) atoms. The first-order valence-electron chi connectivity index (χ1n) is 8.61.